The molecule has 0 aliphatic carbocycles. The van der Waals surface area contributed by atoms with Gasteiger partial charge in [0.15, 0.2) is 0 Å². The number of fused-ring (bicyclic) bond motifs is 2. The maximum absolute atomic E-state index is 12.9. The number of rotatable bonds is 7. The topological polar surface area (TPSA) is 45.2 Å². The summed E-state index contributed by atoms with van der Waals surface area (Å²) < 4.78 is 1.18. The highest BCUT2D eigenvalue weighted by atomic mass is 32.2. The molecule has 1 amide bonds. The van der Waals surface area contributed by atoms with E-state index in [4.69, 9.17) is 4.98 Å². The van der Waals surface area contributed by atoms with Crippen molar-refractivity contribution in [2.45, 2.75) is 44.2 Å². The summed E-state index contributed by atoms with van der Waals surface area (Å²) in [6.45, 7) is 6.48. The zero-order valence-electron chi connectivity index (χ0n) is 18.8. The highest BCUT2D eigenvalue weighted by Crippen LogP contribution is 2.46. The van der Waals surface area contributed by atoms with E-state index in [1.165, 1.54) is 20.0 Å². The Kier molecular flexibility index (Phi) is 6.83. The van der Waals surface area contributed by atoms with Crippen molar-refractivity contribution in [1.82, 2.24) is 9.88 Å². The molecule has 7 heteroatoms. The summed E-state index contributed by atoms with van der Waals surface area (Å²) in [4.78, 5) is 22.9. The van der Waals surface area contributed by atoms with Crippen LogP contribution >= 0.6 is 34.4 Å². The molecule has 0 bridgehead atoms. The zero-order valence-corrected chi connectivity index (χ0v) is 21.3. The summed E-state index contributed by atoms with van der Waals surface area (Å²) in [5, 5.41) is 5.23. The molecule has 1 aliphatic rings. The van der Waals surface area contributed by atoms with Crippen molar-refractivity contribution in [2.24, 2.45) is 0 Å². The van der Waals surface area contributed by atoms with Gasteiger partial charge < -0.3 is 5.32 Å². The monoisotopic (exact) mass is 493 g/mol. The predicted octanol–water partition coefficient (Wildman–Crippen LogP) is 6.91. The molecule has 4 aromatic rings. The van der Waals surface area contributed by atoms with Crippen molar-refractivity contribution >= 4 is 55.6 Å². The summed E-state index contributed by atoms with van der Waals surface area (Å²) in [7, 11) is 0. The second-order valence-electron chi connectivity index (χ2n) is 8.47. The number of benzene rings is 2. The largest absolute Gasteiger partial charge is 0.317 e. The number of amides is 1. The predicted molar refractivity (Wildman–Crippen MR) is 143 cm³/mol. The fourth-order valence-corrected chi connectivity index (χ4v) is 7.40. The Hall–Kier alpha value is -2.19. The van der Waals surface area contributed by atoms with Gasteiger partial charge in [-0.15, -0.1) is 34.4 Å². The molecule has 1 N–H and O–H groups in total. The molecule has 0 atom stereocenters. The standard InChI is InChI=1S/C26H27N3OS3/c1-17(2)29-14-12-19-22(16-29)33-26(24(19)25-27-20-10-6-7-11-21(20)32-25)28-23(30)13-15-31-18-8-4-3-5-9-18/h3-11,17H,12-16H2,1-2H3,(H,28,30). The van der Waals surface area contributed by atoms with Crippen molar-refractivity contribution in [3.63, 3.8) is 0 Å². The summed E-state index contributed by atoms with van der Waals surface area (Å²) in [5.41, 5.74) is 3.53. The number of carbonyl (C=O) groups excluding carboxylic acids is 1. The van der Waals surface area contributed by atoms with E-state index in [2.05, 4.69) is 54.4 Å². The molecule has 0 spiro atoms. The first-order valence-corrected chi connectivity index (χ1v) is 13.9. The molecule has 0 saturated heterocycles. The number of aromatic nitrogens is 1. The molecule has 0 radical (unpaired) electrons. The van der Waals surface area contributed by atoms with Gasteiger partial charge in [-0.25, -0.2) is 4.98 Å². The van der Waals surface area contributed by atoms with E-state index < -0.39 is 0 Å². The molecule has 170 valence electrons. The van der Waals surface area contributed by atoms with Gasteiger partial charge in [0.05, 0.1) is 10.2 Å². The minimum Gasteiger partial charge on any atom is -0.317 e. The number of thiophene rings is 1. The third-order valence-corrected chi connectivity index (χ3v) is 9.12. The Morgan fingerprint density at radius 2 is 1.91 bits per heavy atom. The Morgan fingerprint density at radius 3 is 2.70 bits per heavy atom. The number of thioether (sulfide) groups is 1. The van der Waals surface area contributed by atoms with Crippen LogP contribution in [0, 0.1) is 0 Å². The molecule has 0 unspecified atom stereocenters. The lowest BCUT2D eigenvalue weighted by molar-refractivity contribution is -0.115. The minimum absolute atomic E-state index is 0.0695. The Labute approximate surface area is 207 Å². The third kappa shape index (κ3) is 5.01. The van der Waals surface area contributed by atoms with Crippen LogP contribution in [-0.2, 0) is 17.8 Å². The number of thiazole rings is 1. The molecule has 0 fully saturated rings. The van der Waals surface area contributed by atoms with Gasteiger partial charge in [-0.1, -0.05) is 30.3 Å². The van der Waals surface area contributed by atoms with E-state index in [9.17, 15) is 4.79 Å². The number of nitrogens with zero attached hydrogens (tertiary/aromatic N) is 2. The molecule has 2 aromatic heterocycles. The third-order valence-electron chi connectivity index (χ3n) is 5.92. The molecular formula is C26H27N3OS3. The van der Waals surface area contributed by atoms with Crippen LogP contribution in [-0.4, -0.2) is 34.1 Å². The second-order valence-corrected chi connectivity index (χ2v) is 11.8. The molecule has 4 nitrogen and oxygen atoms in total. The molecule has 33 heavy (non-hydrogen) atoms. The van der Waals surface area contributed by atoms with Crippen LogP contribution in [0.4, 0.5) is 5.00 Å². The first kappa shape index (κ1) is 22.6. The lowest BCUT2D eigenvalue weighted by Gasteiger charge is -2.30. The summed E-state index contributed by atoms with van der Waals surface area (Å²) in [6, 6.07) is 19.0. The van der Waals surface area contributed by atoms with Crippen molar-refractivity contribution in [3.8, 4) is 10.6 Å². The maximum atomic E-state index is 12.9. The summed E-state index contributed by atoms with van der Waals surface area (Å²) in [5.74, 6) is 0.832. The number of para-hydroxylation sites is 1. The molecule has 5 rings (SSSR count). The molecule has 0 saturated carbocycles. The van der Waals surface area contributed by atoms with Gasteiger partial charge in [-0.3, -0.25) is 9.69 Å². The highest BCUT2D eigenvalue weighted by Gasteiger charge is 2.28. The van der Waals surface area contributed by atoms with Gasteiger partial charge >= 0.3 is 0 Å². The number of anilines is 1. The van der Waals surface area contributed by atoms with E-state index in [0.717, 1.165) is 46.4 Å². The number of hydrogen-bond acceptors (Lipinski definition) is 6. The molecular weight excluding hydrogens is 467 g/mol. The van der Waals surface area contributed by atoms with E-state index in [-0.39, 0.29) is 5.91 Å². The van der Waals surface area contributed by atoms with Crippen LogP contribution in [0.15, 0.2) is 59.5 Å². The quantitative estimate of drug-likeness (QED) is 0.284. The van der Waals surface area contributed by atoms with Crippen LogP contribution in [0.2, 0.25) is 0 Å². The lowest BCUT2D eigenvalue weighted by atomic mass is 10.0. The van der Waals surface area contributed by atoms with Crippen LogP contribution < -0.4 is 5.32 Å². The Balaban J connectivity index is 1.40. The van der Waals surface area contributed by atoms with Crippen molar-refractivity contribution < 1.29 is 4.79 Å². The fourth-order valence-electron chi connectivity index (χ4n) is 4.12. The van der Waals surface area contributed by atoms with Crippen LogP contribution in [0.25, 0.3) is 20.8 Å². The molecule has 1 aliphatic heterocycles. The van der Waals surface area contributed by atoms with Gasteiger partial charge in [-0.05, 0) is 50.1 Å². The SMILES string of the molecule is CC(C)N1CCc2c(sc(NC(=O)CCSc3ccccc3)c2-c2nc3ccccc3s2)C1. The van der Waals surface area contributed by atoms with E-state index in [1.807, 2.05) is 24.3 Å². The average molecular weight is 494 g/mol. The maximum Gasteiger partial charge on any atom is 0.225 e. The fraction of sp³-hybridized carbons (Fsp3) is 0.308. The molecule has 2 aromatic carbocycles. The van der Waals surface area contributed by atoms with Gasteiger partial charge in [0.2, 0.25) is 5.91 Å². The average Bonchev–Trinajstić information content (AvgIpc) is 3.39. The summed E-state index contributed by atoms with van der Waals surface area (Å²) >= 11 is 5.17. The first-order valence-electron chi connectivity index (χ1n) is 11.3. The minimum atomic E-state index is 0.0695. The highest BCUT2D eigenvalue weighted by molar-refractivity contribution is 7.99. The normalized spacial score (nSPS) is 14.0. The van der Waals surface area contributed by atoms with Crippen LogP contribution in [0.5, 0.6) is 0 Å². The number of nitrogens with one attached hydrogen (secondary N) is 1. The smallest absolute Gasteiger partial charge is 0.225 e. The first-order chi connectivity index (χ1) is 16.1. The number of hydrogen-bond donors (Lipinski definition) is 1. The molecule has 3 heterocycles. The van der Waals surface area contributed by atoms with E-state index in [0.29, 0.717) is 12.5 Å². The Morgan fingerprint density at radius 1 is 1.12 bits per heavy atom. The number of carbonyl (C=O) groups is 1. The van der Waals surface area contributed by atoms with E-state index in [1.54, 1.807) is 34.4 Å². The zero-order chi connectivity index (χ0) is 22.8. The van der Waals surface area contributed by atoms with E-state index >= 15 is 0 Å². The van der Waals surface area contributed by atoms with Crippen LogP contribution in [0.3, 0.4) is 0 Å². The lowest BCUT2D eigenvalue weighted by Crippen LogP contribution is -2.35. The summed E-state index contributed by atoms with van der Waals surface area (Å²) in [6.07, 6.45) is 1.48. The van der Waals surface area contributed by atoms with Gasteiger partial charge in [0, 0.05) is 46.6 Å². The van der Waals surface area contributed by atoms with Gasteiger partial charge in [0.25, 0.3) is 0 Å². The van der Waals surface area contributed by atoms with Crippen molar-refractivity contribution in [1.29, 1.82) is 0 Å². The van der Waals surface area contributed by atoms with Gasteiger partial charge in [-0.2, -0.15) is 0 Å². The van der Waals surface area contributed by atoms with Crippen molar-refractivity contribution in [2.75, 3.05) is 17.6 Å². The second kappa shape index (κ2) is 9.97. The van der Waals surface area contributed by atoms with Crippen LogP contribution in [0.1, 0.15) is 30.7 Å². The van der Waals surface area contributed by atoms with Crippen molar-refractivity contribution in [3.05, 3.63) is 65.0 Å². The Bertz CT molecular complexity index is 1230. The van der Waals surface area contributed by atoms with Gasteiger partial charge in [0.1, 0.15) is 10.0 Å².